The van der Waals surface area contributed by atoms with Gasteiger partial charge < -0.3 is 30.8 Å². The number of hydrogen-bond acceptors (Lipinski definition) is 6. The average Bonchev–Trinajstić information content (AvgIpc) is 2.22. The molecule has 0 aliphatic heterocycles. The highest BCUT2D eigenvalue weighted by Crippen LogP contribution is 2.09. The van der Waals surface area contributed by atoms with Gasteiger partial charge in [-0.1, -0.05) is 0 Å². The SMILES string of the molecule is CC(=O)NC(C(O)CC(=O)O)C(O)C(O)C(=O)O. The molecular weight excluding hydrogens is 250 g/mol. The third-order valence-corrected chi connectivity index (χ3v) is 2.11. The normalized spacial score (nSPS) is 17.3. The number of nitrogens with one attached hydrogen (secondary N) is 1. The van der Waals surface area contributed by atoms with Gasteiger partial charge in [0.25, 0.3) is 0 Å². The summed E-state index contributed by atoms with van der Waals surface area (Å²) in [5, 5.41) is 47.0. The Bertz CT molecular complexity index is 331. The van der Waals surface area contributed by atoms with Crippen molar-refractivity contribution in [3.05, 3.63) is 0 Å². The van der Waals surface area contributed by atoms with E-state index < -0.39 is 48.6 Å². The lowest BCUT2D eigenvalue weighted by Gasteiger charge is -2.28. The Morgan fingerprint density at radius 2 is 1.61 bits per heavy atom. The van der Waals surface area contributed by atoms with Crippen molar-refractivity contribution in [2.24, 2.45) is 0 Å². The molecule has 0 heterocycles. The molecule has 0 aliphatic carbocycles. The summed E-state index contributed by atoms with van der Waals surface area (Å²) in [6.45, 7) is 1.03. The Kier molecular flexibility index (Phi) is 6.23. The van der Waals surface area contributed by atoms with E-state index in [4.69, 9.17) is 15.3 Å². The van der Waals surface area contributed by atoms with Crippen LogP contribution < -0.4 is 5.32 Å². The molecule has 9 nitrogen and oxygen atoms in total. The maximum atomic E-state index is 10.8. The summed E-state index contributed by atoms with van der Waals surface area (Å²) in [6.07, 6.45) is -6.87. The van der Waals surface area contributed by atoms with Gasteiger partial charge in [0.15, 0.2) is 6.10 Å². The first-order chi connectivity index (χ1) is 8.16. The first-order valence-corrected chi connectivity index (χ1v) is 4.92. The van der Waals surface area contributed by atoms with E-state index in [1.807, 2.05) is 5.32 Å². The van der Waals surface area contributed by atoms with Gasteiger partial charge >= 0.3 is 11.9 Å². The quantitative estimate of drug-likeness (QED) is 0.286. The van der Waals surface area contributed by atoms with E-state index in [0.29, 0.717) is 0 Å². The van der Waals surface area contributed by atoms with Gasteiger partial charge in [0.05, 0.1) is 18.6 Å². The third kappa shape index (κ3) is 5.08. The fourth-order valence-corrected chi connectivity index (χ4v) is 1.29. The summed E-state index contributed by atoms with van der Waals surface area (Å²) in [4.78, 5) is 31.7. The van der Waals surface area contributed by atoms with E-state index in [1.165, 1.54) is 0 Å². The van der Waals surface area contributed by atoms with Gasteiger partial charge in [0, 0.05) is 6.92 Å². The van der Waals surface area contributed by atoms with E-state index in [9.17, 15) is 24.6 Å². The van der Waals surface area contributed by atoms with Crippen molar-refractivity contribution in [3.8, 4) is 0 Å². The van der Waals surface area contributed by atoms with Gasteiger partial charge in [-0.05, 0) is 0 Å². The molecule has 0 aromatic rings. The number of carboxylic acids is 2. The molecule has 0 saturated heterocycles. The minimum Gasteiger partial charge on any atom is -0.481 e. The zero-order chi connectivity index (χ0) is 14.5. The molecule has 4 unspecified atom stereocenters. The molecule has 9 heteroatoms. The minimum absolute atomic E-state index is 0.721. The highest BCUT2D eigenvalue weighted by atomic mass is 16.4. The zero-order valence-corrected chi connectivity index (χ0v) is 9.48. The summed E-state index contributed by atoms with van der Waals surface area (Å²) in [6, 6.07) is -1.61. The van der Waals surface area contributed by atoms with Gasteiger partial charge in [-0.3, -0.25) is 9.59 Å². The second kappa shape index (κ2) is 6.89. The summed E-state index contributed by atoms with van der Waals surface area (Å²) in [5.74, 6) is -3.89. The van der Waals surface area contributed by atoms with Crippen LogP contribution in [0, 0.1) is 0 Å². The first kappa shape index (κ1) is 16.3. The van der Waals surface area contributed by atoms with Crippen LogP contribution in [0.15, 0.2) is 0 Å². The molecule has 6 N–H and O–H groups in total. The summed E-state index contributed by atoms with van der Waals surface area (Å²) in [5.41, 5.74) is 0. The summed E-state index contributed by atoms with van der Waals surface area (Å²) in [7, 11) is 0. The molecule has 18 heavy (non-hydrogen) atoms. The smallest absolute Gasteiger partial charge is 0.335 e. The Hall–Kier alpha value is -1.71. The van der Waals surface area contributed by atoms with E-state index in [2.05, 4.69) is 0 Å². The molecule has 0 aromatic heterocycles. The van der Waals surface area contributed by atoms with Crippen molar-refractivity contribution in [2.75, 3.05) is 0 Å². The summed E-state index contributed by atoms with van der Waals surface area (Å²) < 4.78 is 0. The molecule has 0 radical (unpaired) electrons. The van der Waals surface area contributed by atoms with Gasteiger partial charge in [-0.15, -0.1) is 0 Å². The molecule has 0 aliphatic rings. The number of hydrogen-bond donors (Lipinski definition) is 6. The Morgan fingerprint density at radius 3 is 1.94 bits per heavy atom. The fraction of sp³-hybridized carbons (Fsp3) is 0.667. The van der Waals surface area contributed by atoms with Gasteiger partial charge in [-0.2, -0.15) is 0 Å². The highest BCUT2D eigenvalue weighted by molar-refractivity contribution is 5.75. The molecule has 104 valence electrons. The molecule has 0 rings (SSSR count). The monoisotopic (exact) mass is 265 g/mol. The topological polar surface area (TPSA) is 164 Å². The van der Waals surface area contributed by atoms with Crippen LogP contribution in [0.4, 0.5) is 0 Å². The maximum absolute atomic E-state index is 10.8. The van der Waals surface area contributed by atoms with Crippen LogP contribution >= 0.6 is 0 Å². The number of carbonyl (C=O) groups excluding carboxylic acids is 1. The number of rotatable bonds is 7. The zero-order valence-electron chi connectivity index (χ0n) is 9.48. The Labute approximate surface area is 102 Å². The van der Waals surface area contributed by atoms with Crippen LogP contribution in [0.5, 0.6) is 0 Å². The average molecular weight is 265 g/mol. The predicted molar refractivity (Wildman–Crippen MR) is 55.5 cm³/mol. The molecule has 4 atom stereocenters. The van der Waals surface area contributed by atoms with Crippen LogP contribution in [0.25, 0.3) is 0 Å². The van der Waals surface area contributed by atoms with Crippen LogP contribution in [-0.4, -0.2) is 67.7 Å². The third-order valence-electron chi connectivity index (χ3n) is 2.11. The van der Waals surface area contributed by atoms with Crippen molar-refractivity contribution >= 4 is 17.8 Å². The first-order valence-electron chi connectivity index (χ1n) is 4.92. The standard InChI is InChI=1S/C9H15NO8/c1-3(11)10-6(4(12)2-5(13)14)7(15)8(16)9(17)18/h4,6-8,12,15-16H,2H2,1H3,(H,10,11)(H,13,14)(H,17,18). The largest absolute Gasteiger partial charge is 0.481 e. The Morgan fingerprint density at radius 1 is 1.11 bits per heavy atom. The lowest BCUT2D eigenvalue weighted by Crippen LogP contribution is -2.56. The molecular formula is C9H15NO8. The minimum atomic E-state index is -2.26. The Balaban J connectivity index is 4.91. The molecule has 0 spiro atoms. The molecule has 0 bridgehead atoms. The fourth-order valence-electron chi connectivity index (χ4n) is 1.29. The van der Waals surface area contributed by atoms with Gasteiger partial charge in [0.1, 0.15) is 6.10 Å². The lowest BCUT2D eigenvalue weighted by atomic mass is 9.97. The van der Waals surface area contributed by atoms with E-state index in [0.717, 1.165) is 6.92 Å². The number of aliphatic hydroxyl groups is 3. The van der Waals surface area contributed by atoms with Crippen molar-refractivity contribution in [2.45, 2.75) is 37.7 Å². The molecule has 1 amide bonds. The van der Waals surface area contributed by atoms with Gasteiger partial charge in [0.2, 0.25) is 5.91 Å². The van der Waals surface area contributed by atoms with Crippen LogP contribution in [0.1, 0.15) is 13.3 Å². The van der Waals surface area contributed by atoms with Crippen LogP contribution in [-0.2, 0) is 14.4 Å². The lowest BCUT2D eigenvalue weighted by molar-refractivity contribution is -0.156. The second-order valence-electron chi connectivity index (χ2n) is 3.67. The van der Waals surface area contributed by atoms with Crippen molar-refractivity contribution in [1.29, 1.82) is 0 Å². The molecule has 0 saturated carbocycles. The van der Waals surface area contributed by atoms with Crippen LogP contribution in [0.3, 0.4) is 0 Å². The van der Waals surface area contributed by atoms with E-state index in [-0.39, 0.29) is 0 Å². The van der Waals surface area contributed by atoms with E-state index in [1.54, 1.807) is 0 Å². The number of carbonyl (C=O) groups is 3. The molecule has 0 aromatic carbocycles. The summed E-state index contributed by atoms with van der Waals surface area (Å²) >= 11 is 0. The number of amides is 1. The number of aliphatic hydroxyl groups excluding tert-OH is 3. The number of carboxylic acid groups (broad SMARTS) is 2. The predicted octanol–water partition coefficient (Wildman–Crippen LogP) is -2.87. The van der Waals surface area contributed by atoms with Crippen molar-refractivity contribution in [3.63, 3.8) is 0 Å². The van der Waals surface area contributed by atoms with E-state index >= 15 is 0 Å². The maximum Gasteiger partial charge on any atom is 0.335 e. The van der Waals surface area contributed by atoms with Crippen molar-refractivity contribution in [1.82, 2.24) is 5.32 Å². The molecule has 0 fully saturated rings. The second-order valence-corrected chi connectivity index (χ2v) is 3.67. The van der Waals surface area contributed by atoms with Crippen molar-refractivity contribution < 1.29 is 39.9 Å². The van der Waals surface area contributed by atoms with Gasteiger partial charge in [-0.25, -0.2) is 4.79 Å². The highest BCUT2D eigenvalue weighted by Gasteiger charge is 2.36. The van der Waals surface area contributed by atoms with Crippen LogP contribution in [0.2, 0.25) is 0 Å². The number of aliphatic carboxylic acids is 2.